The number of thiazole rings is 1. The van der Waals surface area contributed by atoms with E-state index in [0.717, 1.165) is 46.9 Å². The van der Waals surface area contributed by atoms with E-state index < -0.39 is 0 Å². The van der Waals surface area contributed by atoms with Crippen LogP contribution in [0.4, 0.5) is 0 Å². The third-order valence-corrected chi connectivity index (χ3v) is 6.74. The van der Waals surface area contributed by atoms with Gasteiger partial charge in [-0.15, -0.1) is 22.7 Å². The molecule has 0 bridgehead atoms. The van der Waals surface area contributed by atoms with Gasteiger partial charge in [-0.1, -0.05) is 30.3 Å². The lowest BCUT2D eigenvalue weighted by molar-refractivity contribution is -0.120. The van der Waals surface area contributed by atoms with Gasteiger partial charge in [0.25, 0.3) is 5.91 Å². The SMILES string of the molecule is O=C(Cc1cccs1)NCc1ccc(-c2nc(C(=O)N3CCCCC3)cs2)cc1. The monoisotopic (exact) mass is 425 g/mol. The maximum atomic E-state index is 12.6. The van der Waals surface area contributed by atoms with Crippen molar-refractivity contribution in [2.24, 2.45) is 0 Å². The first-order chi connectivity index (χ1) is 14.2. The fourth-order valence-corrected chi connectivity index (χ4v) is 4.87. The van der Waals surface area contributed by atoms with Gasteiger partial charge in [0.2, 0.25) is 5.91 Å². The van der Waals surface area contributed by atoms with Gasteiger partial charge in [-0.25, -0.2) is 4.98 Å². The van der Waals surface area contributed by atoms with Gasteiger partial charge < -0.3 is 10.2 Å². The molecule has 0 radical (unpaired) electrons. The third-order valence-electron chi connectivity index (χ3n) is 4.97. The Kier molecular flexibility index (Phi) is 6.36. The molecule has 0 saturated carbocycles. The van der Waals surface area contributed by atoms with Gasteiger partial charge in [0, 0.05) is 35.5 Å². The standard InChI is InChI=1S/C22H23N3O2S2/c26-20(13-18-5-4-12-28-18)23-14-16-6-8-17(9-7-16)21-24-19(15-29-21)22(27)25-10-2-1-3-11-25/h4-9,12,15H,1-3,10-11,13-14H2,(H,23,26). The normalized spacial score (nSPS) is 14.0. The van der Waals surface area contributed by atoms with Crippen LogP contribution in [-0.2, 0) is 17.8 Å². The maximum absolute atomic E-state index is 12.6. The molecule has 3 heterocycles. The Hall–Kier alpha value is -2.51. The predicted molar refractivity (Wildman–Crippen MR) is 117 cm³/mol. The van der Waals surface area contributed by atoms with Gasteiger partial charge in [0.1, 0.15) is 10.7 Å². The maximum Gasteiger partial charge on any atom is 0.273 e. The highest BCUT2D eigenvalue weighted by Crippen LogP contribution is 2.25. The molecule has 1 saturated heterocycles. The van der Waals surface area contributed by atoms with Crippen LogP contribution in [0.5, 0.6) is 0 Å². The predicted octanol–water partition coefficient (Wildman–Crippen LogP) is 4.36. The Labute approximate surface area is 178 Å². The molecule has 29 heavy (non-hydrogen) atoms. The molecule has 2 aromatic heterocycles. The van der Waals surface area contributed by atoms with Crippen molar-refractivity contribution < 1.29 is 9.59 Å². The van der Waals surface area contributed by atoms with Crippen molar-refractivity contribution in [1.82, 2.24) is 15.2 Å². The number of benzene rings is 1. The highest BCUT2D eigenvalue weighted by Gasteiger charge is 2.20. The smallest absolute Gasteiger partial charge is 0.273 e. The summed E-state index contributed by atoms with van der Waals surface area (Å²) in [4.78, 5) is 32.1. The lowest BCUT2D eigenvalue weighted by Crippen LogP contribution is -2.35. The van der Waals surface area contributed by atoms with Crippen molar-refractivity contribution in [2.75, 3.05) is 13.1 Å². The molecule has 2 amide bonds. The molecule has 0 aliphatic carbocycles. The van der Waals surface area contributed by atoms with Crippen LogP contribution in [0.15, 0.2) is 47.2 Å². The number of carbonyl (C=O) groups is 2. The third kappa shape index (κ3) is 5.10. The summed E-state index contributed by atoms with van der Waals surface area (Å²) >= 11 is 3.09. The molecule has 1 aliphatic heterocycles. The number of nitrogens with one attached hydrogen (secondary N) is 1. The zero-order valence-electron chi connectivity index (χ0n) is 16.1. The Bertz CT molecular complexity index is 958. The number of hydrogen-bond donors (Lipinski definition) is 1. The van der Waals surface area contributed by atoms with Crippen molar-refractivity contribution >= 4 is 34.5 Å². The molecule has 7 heteroatoms. The first-order valence-corrected chi connectivity index (χ1v) is 11.6. The molecule has 1 aliphatic rings. The van der Waals surface area contributed by atoms with Crippen LogP contribution in [-0.4, -0.2) is 34.8 Å². The zero-order chi connectivity index (χ0) is 20.1. The molecule has 1 N–H and O–H groups in total. The largest absolute Gasteiger partial charge is 0.352 e. The van der Waals surface area contributed by atoms with Gasteiger partial charge >= 0.3 is 0 Å². The second-order valence-corrected chi connectivity index (χ2v) is 9.01. The molecular weight excluding hydrogens is 402 g/mol. The van der Waals surface area contributed by atoms with E-state index in [2.05, 4.69) is 10.3 Å². The number of amides is 2. The van der Waals surface area contributed by atoms with E-state index in [0.29, 0.717) is 18.7 Å². The van der Waals surface area contributed by atoms with Crippen LogP contribution >= 0.6 is 22.7 Å². The van der Waals surface area contributed by atoms with Crippen molar-refractivity contribution in [2.45, 2.75) is 32.2 Å². The lowest BCUT2D eigenvalue weighted by atomic mass is 10.1. The van der Waals surface area contributed by atoms with Crippen molar-refractivity contribution in [1.29, 1.82) is 0 Å². The van der Waals surface area contributed by atoms with E-state index >= 15 is 0 Å². The number of rotatable bonds is 6. The number of carbonyl (C=O) groups excluding carboxylic acids is 2. The van der Waals surface area contributed by atoms with E-state index in [-0.39, 0.29) is 11.8 Å². The van der Waals surface area contributed by atoms with Crippen molar-refractivity contribution in [3.05, 3.63) is 63.3 Å². The molecule has 3 aromatic rings. The summed E-state index contributed by atoms with van der Waals surface area (Å²) in [6.45, 7) is 2.16. The molecular formula is C22H23N3O2S2. The van der Waals surface area contributed by atoms with Crippen LogP contribution in [0.2, 0.25) is 0 Å². The number of likely N-dealkylation sites (tertiary alicyclic amines) is 1. The van der Waals surface area contributed by atoms with Crippen molar-refractivity contribution in [3.8, 4) is 10.6 Å². The van der Waals surface area contributed by atoms with E-state index in [1.165, 1.54) is 17.8 Å². The summed E-state index contributed by atoms with van der Waals surface area (Å²) in [6.07, 6.45) is 3.78. The molecule has 0 spiro atoms. The van der Waals surface area contributed by atoms with Crippen LogP contribution in [0.25, 0.3) is 10.6 Å². The Morgan fingerprint density at radius 2 is 1.83 bits per heavy atom. The highest BCUT2D eigenvalue weighted by molar-refractivity contribution is 7.13. The lowest BCUT2D eigenvalue weighted by Gasteiger charge is -2.25. The molecule has 0 unspecified atom stereocenters. The summed E-state index contributed by atoms with van der Waals surface area (Å²) in [5.41, 5.74) is 2.56. The number of hydrogen-bond acceptors (Lipinski definition) is 5. The van der Waals surface area contributed by atoms with E-state index in [1.807, 2.05) is 52.1 Å². The van der Waals surface area contributed by atoms with Gasteiger partial charge in [0.05, 0.1) is 6.42 Å². The quantitative estimate of drug-likeness (QED) is 0.638. The first kappa shape index (κ1) is 19.8. The molecule has 150 valence electrons. The summed E-state index contributed by atoms with van der Waals surface area (Å²) in [5, 5.41) is 7.63. The minimum absolute atomic E-state index is 0.0253. The molecule has 1 fully saturated rings. The molecule has 1 aromatic carbocycles. The van der Waals surface area contributed by atoms with Gasteiger partial charge in [0.15, 0.2) is 0 Å². The van der Waals surface area contributed by atoms with Crippen molar-refractivity contribution in [3.63, 3.8) is 0 Å². The minimum Gasteiger partial charge on any atom is -0.352 e. The summed E-state index contributed by atoms with van der Waals surface area (Å²) in [5.74, 6) is 0.0644. The zero-order valence-corrected chi connectivity index (χ0v) is 17.7. The average Bonchev–Trinajstić information content (AvgIpc) is 3.45. The molecule has 4 rings (SSSR count). The second kappa shape index (κ2) is 9.33. The number of nitrogens with zero attached hydrogens (tertiary/aromatic N) is 2. The average molecular weight is 426 g/mol. The van der Waals surface area contributed by atoms with Crippen LogP contribution < -0.4 is 5.32 Å². The van der Waals surface area contributed by atoms with E-state index in [1.54, 1.807) is 11.3 Å². The van der Waals surface area contributed by atoms with Crippen LogP contribution in [0.1, 0.15) is 40.2 Å². The van der Waals surface area contributed by atoms with E-state index in [4.69, 9.17) is 0 Å². The fraction of sp³-hybridized carbons (Fsp3) is 0.318. The van der Waals surface area contributed by atoms with Gasteiger partial charge in [-0.3, -0.25) is 9.59 Å². The van der Waals surface area contributed by atoms with Crippen LogP contribution in [0, 0.1) is 0 Å². The number of piperidine rings is 1. The Morgan fingerprint density at radius 1 is 1.03 bits per heavy atom. The summed E-state index contributed by atoms with van der Waals surface area (Å²) in [6, 6.07) is 11.9. The van der Waals surface area contributed by atoms with Crippen LogP contribution in [0.3, 0.4) is 0 Å². The summed E-state index contributed by atoms with van der Waals surface area (Å²) < 4.78 is 0. The van der Waals surface area contributed by atoms with Gasteiger partial charge in [-0.05, 0) is 36.3 Å². The van der Waals surface area contributed by atoms with Gasteiger partial charge in [-0.2, -0.15) is 0 Å². The number of aromatic nitrogens is 1. The van der Waals surface area contributed by atoms with E-state index in [9.17, 15) is 9.59 Å². The second-order valence-electron chi connectivity index (χ2n) is 7.12. The summed E-state index contributed by atoms with van der Waals surface area (Å²) in [7, 11) is 0. The Balaban J connectivity index is 1.33. The first-order valence-electron chi connectivity index (χ1n) is 9.82. The Morgan fingerprint density at radius 3 is 2.55 bits per heavy atom. The fourth-order valence-electron chi connectivity index (χ4n) is 3.36. The minimum atomic E-state index is 0.0253. The highest BCUT2D eigenvalue weighted by atomic mass is 32.1. The number of thiophene rings is 1. The molecule has 5 nitrogen and oxygen atoms in total. The molecule has 0 atom stereocenters. The topological polar surface area (TPSA) is 62.3 Å².